The summed E-state index contributed by atoms with van der Waals surface area (Å²) >= 11 is 1.84. The summed E-state index contributed by atoms with van der Waals surface area (Å²) in [6.45, 7) is 0.809. The number of hydrogen-bond donors (Lipinski definition) is 1. The Labute approximate surface area is 265 Å². The minimum absolute atomic E-state index is 0.769. The van der Waals surface area contributed by atoms with Crippen LogP contribution >= 0.6 is 11.3 Å². The molecule has 0 atom stereocenters. The lowest BCUT2D eigenvalue weighted by Crippen LogP contribution is -2.01. The van der Waals surface area contributed by atoms with Crippen molar-refractivity contribution in [1.29, 1.82) is 0 Å². The van der Waals surface area contributed by atoms with Crippen molar-refractivity contribution in [2.45, 2.75) is 19.4 Å². The molecule has 8 aromatic rings. The first-order valence-corrected chi connectivity index (χ1v) is 16.4. The van der Waals surface area contributed by atoms with Crippen LogP contribution in [0.15, 0.2) is 133 Å². The summed E-state index contributed by atoms with van der Waals surface area (Å²) in [6.07, 6.45) is 13.1. The summed E-state index contributed by atoms with van der Waals surface area (Å²) in [5.74, 6) is 0. The van der Waals surface area contributed by atoms with Gasteiger partial charge in [0.15, 0.2) is 0 Å². The van der Waals surface area contributed by atoms with Crippen LogP contribution in [0.2, 0.25) is 0 Å². The van der Waals surface area contributed by atoms with E-state index in [1.54, 1.807) is 0 Å². The Bertz CT molecular complexity index is 2480. The first-order valence-electron chi connectivity index (χ1n) is 15.6. The second-order valence-electron chi connectivity index (χ2n) is 11.8. The number of rotatable bonds is 5. The van der Waals surface area contributed by atoms with Crippen LogP contribution in [-0.4, -0.2) is 9.13 Å². The SMILES string of the molecule is N/C(=C\C=C/Cn1c2c(c3ccccc31)CCC=C2)c1ccc2sc3ccc(-n4c5ccccc5c5ccccc54)cc3c2c1. The van der Waals surface area contributed by atoms with Crippen molar-refractivity contribution in [2.75, 3.05) is 0 Å². The summed E-state index contributed by atoms with van der Waals surface area (Å²) in [6, 6.07) is 39.6. The van der Waals surface area contributed by atoms with Gasteiger partial charge in [-0.2, -0.15) is 0 Å². The van der Waals surface area contributed by atoms with Gasteiger partial charge in [-0.05, 0) is 84.7 Å². The number of aromatic nitrogens is 2. The highest BCUT2D eigenvalue weighted by atomic mass is 32.1. The van der Waals surface area contributed by atoms with E-state index in [1.807, 2.05) is 17.4 Å². The van der Waals surface area contributed by atoms with Crippen molar-refractivity contribution in [3.63, 3.8) is 0 Å². The van der Waals surface area contributed by atoms with Gasteiger partial charge in [0.2, 0.25) is 0 Å². The zero-order valence-electron chi connectivity index (χ0n) is 24.8. The van der Waals surface area contributed by atoms with E-state index in [0.717, 1.165) is 30.6 Å². The van der Waals surface area contributed by atoms with Crippen molar-refractivity contribution in [2.24, 2.45) is 5.73 Å². The number of hydrogen-bond acceptors (Lipinski definition) is 2. The Morgan fingerprint density at radius 1 is 0.711 bits per heavy atom. The topological polar surface area (TPSA) is 35.9 Å². The molecule has 1 aliphatic carbocycles. The van der Waals surface area contributed by atoms with Crippen LogP contribution in [0, 0.1) is 0 Å². The maximum Gasteiger partial charge on any atom is 0.0541 e. The molecular weight excluding hydrogens is 567 g/mol. The van der Waals surface area contributed by atoms with Gasteiger partial charge in [0, 0.05) is 65.5 Å². The fourth-order valence-electron chi connectivity index (χ4n) is 7.19. The van der Waals surface area contributed by atoms with E-state index >= 15 is 0 Å². The third-order valence-corrected chi connectivity index (χ3v) is 10.4. The monoisotopic (exact) mass is 597 g/mol. The van der Waals surface area contributed by atoms with Gasteiger partial charge < -0.3 is 14.9 Å². The van der Waals surface area contributed by atoms with Crippen LogP contribution in [0.1, 0.15) is 23.2 Å². The van der Waals surface area contributed by atoms with Gasteiger partial charge in [-0.3, -0.25) is 0 Å². The molecule has 0 spiro atoms. The Morgan fingerprint density at radius 3 is 2.16 bits per heavy atom. The largest absolute Gasteiger partial charge is 0.398 e. The molecular formula is C41H31N3S. The van der Waals surface area contributed by atoms with Crippen LogP contribution in [0.4, 0.5) is 0 Å². The molecule has 1 aliphatic rings. The first-order chi connectivity index (χ1) is 22.2. The number of para-hydroxylation sites is 3. The van der Waals surface area contributed by atoms with Gasteiger partial charge in [0.25, 0.3) is 0 Å². The molecule has 0 saturated carbocycles. The summed E-state index contributed by atoms with van der Waals surface area (Å²) in [7, 11) is 0. The number of nitrogens with two attached hydrogens (primary N) is 1. The zero-order chi connectivity index (χ0) is 29.9. The summed E-state index contributed by atoms with van der Waals surface area (Å²) in [5.41, 5.74) is 16.2. The van der Waals surface area contributed by atoms with Gasteiger partial charge in [-0.1, -0.05) is 78.9 Å². The fraction of sp³-hybridized carbons (Fsp3) is 0.0732. The van der Waals surface area contributed by atoms with Crippen molar-refractivity contribution in [3.05, 3.63) is 150 Å². The van der Waals surface area contributed by atoms with Crippen molar-refractivity contribution < 1.29 is 0 Å². The molecule has 0 fully saturated rings. The minimum Gasteiger partial charge on any atom is -0.398 e. The van der Waals surface area contributed by atoms with E-state index in [-0.39, 0.29) is 0 Å². The van der Waals surface area contributed by atoms with Gasteiger partial charge in [-0.15, -0.1) is 11.3 Å². The highest BCUT2D eigenvalue weighted by molar-refractivity contribution is 7.25. The second kappa shape index (κ2) is 10.4. The Kier molecular flexibility index (Phi) is 6.03. The first kappa shape index (κ1) is 26.1. The Hall–Kier alpha value is -5.32. The molecule has 0 bridgehead atoms. The van der Waals surface area contributed by atoms with E-state index in [4.69, 9.17) is 5.73 Å². The van der Waals surface area contributed by atoms with Crippen LogP contribution < -0.4 is 5.73 Å². The number of benzene rings is 5. The molecule has 3 aromatic heterocycles. The normalized spacial score (nSPS) is 13.7. The van der Waals surface area contributed by atoms with E-state index < -0.39 is 0 Å². The third kappa shape index (κ3) is 4.17. The van der Waals surface area contributed by atoms with Crippen molar-refractivity contribution >= 4 is 76.0 Å². The standard InChI is InChI=1S/C41H31N3S/c42-35(15-9-10-24-43-36-16-5-1-11-29(36)30-12-2-6-17-37(30)43)27-20-22-40-33(25-27)34-26-28(21-23-41(34)45-40)44-38-18-7-3-13-31(38)32-14-4-8-19-39(32)44/h1,3-11,13-23,25-26H,2,12,24,42H2/b10-9-,35-15-. The smallest absolute Gasteiger partial charge is 0.0541 e. The highest BCUT2D eigenvalue weighted by Gasteiger charge is 2.16. The van der Waals surface area contributed by atoms with Gasteiger partial charge >= 0.3 is 0 Å². The summed E-state index contributed by atoms with van der Waals surface area (Å²) in [4.78, 5) is 0. The zero-order valence-corrected chi connectivity index (χ0v) is 25.6. The molecule has 4 heteroatoms. The average Bonchev–Trinajstić information content (AvgIpc) is 3.74. The van der Waals surface area contributed by atoms with Crippen LogP contribution in [0.3, 0.4) is 0 Å². The predicted molar refractivity (Wildman–Crippen MR) is 194 cm³/mol. The Morgan fingerprint density at radius 2 is 1.38 bits per heavy atom. The molecule has 3 nitrogen and oxygen atoms in total. The van der Waals surface area contributed by atoms with E-state index in [1.165, 1.54) is 69.8 Å². The van der Waals surface area contributed by atoms with Crippen LogP contribution in [0.5, 0.6) is 0 Å². The Balaban J connectivity index is 1.07. The quantitative estimate of drug-likeness (QED) is 0.197. The van der Waals surface area contributed by atoms with E-state index in [9.17, 15) is 0 Å². The van der Waals surface area contributed by atoms with Gasteiger partial charge in [0.05, 0.1) is 11.0 Å². The number of aryl methyl sites for hydroxylation is 1. The van der Waals surface area contributed by atoms with Gasteiger partial charge in [0.1, 0.15) is 0 Å². The maximum atomic E-state index is 6.68. The van der Waals surface area contributed by atoms with Gasteiger partial charge in [-0.25, -0.2) is 0 Å². The molecule has 0 unspecified atom stereocenters. The van der Waals surface area contributed by atoms with Crippen molar-refractivity contribution in [1.82, 2.24) is 9.13 Å². The van der Waals surface area contributed by atoms with E-state index in [2.05, 4.69) is 143 Å². The lowest BCUT2D eigenvalue weighted by Gasteiger charge is -2.09. The molecule has 3 heterocycles. The second-order valence-corrected chi connectivity index (χ2v) is 12.9. The van der Waals surface area contributed by atoms with Crippen LogP contribution in [0.25, 0.3) is 70.3 Å². The molecule has 0 saturated heterocycles. The molecule has 0 radical (unpaired) electrons. The van der Waals surface area contributed by atoms with Crippen LogP contribution in [-0.2, 0) is 13.0 Å². The molecule has 216 valence electrons. The van der Waals surface area contributed by atoms with Crippen molar-refractivity contribution in [3.8, 4) is 5.69 Å². The molecule has 45 heavy (non-hydrogen) atoms. The molecule has 2 N–H and O–H groups in total. The third-order valence-electron chi connectivity index (χ3n) is 9.28. The highest BCUT2D eigenvalue weighted by Crippen LogP contribution is 2.38. The van der Waals surface area contributed by atoms with E-state index in [0.29, 0.717) is 0 Å². The maximum absolute atomic E-state index is 6.68. The summed E-state index contributed by atoms with van der Waals surface area (Å²) < 4.78 is 7.36. The molecule has 0 amide bonds. The fourth-order valence-corrected chi connectivity index (χ4v) is 8.25. The molecule has 5 aromatic carbocycles. The number of thiophene rings is 1. The molecule has 9 rings (SSSR count). The number of nitrogens with zero attached hydrogens (tertiary/aromatic N) is 2. The lowest BCUT2D eigenvalue weighted by molar-refractivity contribution is 0.834. The number of fused-ring (bicyclic) bond motifs is 9. The molecule has 0 aliphatic heterocycles. The minimum atomic E-state index is 0.769. The predicted octanol–water partition coefficient (Wildman–Crippen LogP) is 10.6. The average molecular weight is 598 g/mol. The number of allylic oxidation sites excluding steroid dienone is 4. The summed E-state index contributed by atoms with van der Waals surface area (Å²) in [5, 5.41) is 6.43. The lowest BCUT2D eigenvalue weighted by atomic mass is 10.0.